The molecule has 0 saturated heterocycles. The summed E-state index contributed by atoms with van der Waals surface area (Å²) in [6.45, 7) is 0. The van der Waals surface area contributed by atoms with Gasteiger partial charge in [-0.3, -0.25) is 14.8 Å². The highest BCUT2D eigenvalue weighted by atomic mass is 127. The zero-order valence-corrected chi connectivity index (χ0v) is 12.8. The van der Waals surface area contributed by atoms with Crippen molar-refractivity contribution in [3.05, 3.63) is 40.4 Å². The van der Waals surface area contributed by atoms with Crippen molar-refractivity contribution in [1.29, 1.82) is 0 Å². The van der Waals surface area contributed by atoms with E-state index < -0.39 is 16.9 Å². The third kappa shape index (κ3) is 2.34. The first-order valence-corrected chi connectivity index (χ1v) is 7.62. The van der Waals surface area contributed by atoms with Crippen molar-refractivity contribution in [2.75, 3.05) is 0 Å². The minimum atomic E-state index is -0.670. The van der Waals surface area contributed by atoms with Crippen molar-refractivity contribution in [2.24, 2.45) is 5.92 Å². The Morgan fingerprint density at radius 2 is 1.95 bits per heavy atom. The first-order chi connectivity index (χ1) is 9.56. The molecule has 3 rings (SSSR count). The van der Waals surface area contributed by atoms with E-state index in [4.69, 9.17) is 4.42 Å². The summed E-state index contributed by atoms with van der Waals surface area (Å²) in [5, 5.41) is 0.285. The molecular weight excluding hydrogens is 375 g/mol. The fourth-order valence-electron chi connectivity index (χ4n) is 2.55. The van der Waals surface area contributed by atoms with Gasteiger partial charge in [-0.1, -0.05) is 19.3 Å². The van der Waals surface area contributed by atoms with Crippen LogP contribution >= 0.6 is 22.6 Å². The van der Waals surface area contributed by atoms with Gasteiger partial charge in [0.25, 0.3) is 5.56 Å². The molecule has 7 heteroatoms. The summed E-state index contributed by atoms with van der Waals surface area (Å²) in [5.74, 6) is 0.676. The summed E-state index contributed by atoms with van der Waals surface area (Å²) >= 11 is 1.90. The minimum absolute atomic E-state index is 0.0345. The molecule has 2 heterocycles. The van der Waals surface area contributed by atoms with Crippen molar-refractivity contribution in [3.63, 3.8) is 0 Å². The van der Waals surface area contributed by atoms with Gasteiger partial charge in [0, 0.05) is 0 Å². The van der Waals surface area contributed by atoms with Gasteiger partial charge in [0.05, 0.1) is 0 Å². The normalized spacial score (nSPS) is 15.4. The second-order valence-corrected chi connectivity index (χ2v) is 6.21. The standard InChI is InChI=1S/C13H13IN2O4/c14-9-7(5-4-6-2-1-3-6)8-10(17)15-13(19)16-11(8)20-12(9)18/h6H,1-5H2,(H2,15,16,17,19). The zero-order chi connectivity index (χ0) is 14.3. The lowest BCUT2D eigenvalue weighted by Gasteiger charge is -2.25. The molecule has 106 valence electrons. The molecule has 2 aromatic rings. The molecule has 0 radical (unpaired) electrons. The Kier molecular flexibility index (Phi) is 3.53. The number of aromatic nitrogens is 2. The quantitative estimate of drug-likeness (QED) is 0.780. The second-order valence-electron chi connectivity index (χ2n) is 5.13. The van der Waals surface area contributed by atoms with E-state index in [-0.39, 0.29) is 11.1 Å². The van der Waals surface area contributed by atoms with Gasteiger partial charge in [0.2, 0.25) is 5.71 Å². The molecule has 2 aromatic heterocycles. The highest BCUT2D eigenvalue weighted by Gasteiger charge is 2.21. The number of aryl methyl sites for hydroxylation is 1. The molecule has 1 saturated carbocycles. The van der Waals surface area contributed by atoms with Gasteiger partial charge < -0.3 is 4.42 Å². The first-order valence-electron chi connectivity index (χ1n) is 6.54. The number of nitrogens with one attached hydrogen (secondary N) is 2. The monoisotopic (exact) mass is 388 g/mol. The molecule has 0 aromatic carbocycles. The predicted molar refractivity (Wildman–Crippen MR) is 82.1 cm³/mol. The number of H-pyrrole nitrogens is 2. The third-order valence-corrected chi connectivity index (χ3v) is 4.97. The van der Waals surface area contributed by atoms with Crippen LogP contribution in [0.25, 0.3) is 11.1 Å². The van der Waals surface area contributed by atoms with Crippen LogP contribution in [-0.4, -0.2) is 9.97 Å². The molecule has 1 aliphatic rings. The van der Waals surface area contributed by atoms with Gasteiger partial charge >= 0.3 is 11.3 Å². The van der Waals surface area contributed by atoms with Crippen LogP contribution in [0.1, 0.15) is 31.2 Å². The van der Waals surface area contributed by atoms with Crippen molar-refractivity contribution in [3.8, 4) is 0 Å². The van der Waals surface area contributed by atoms with E-state index in [1.807, 2.05) is 22.6 Å². The number of fused-ring (bicyclic) bond motifs is 1. The van der Waals surface area contributed by atoms with Gasteiger partial charge in [-0.05, 0) is 46.9 Å². The number of hydrogen-bond acceptors (Lipinski definition) is 4. The van der Waals surface area contributed by atoms with Crippen LogP contribution in [0.15, 0.2) is 18.8 Å². The maximum atomic E-state index is 12.0. The Labute approximate surface area is 126 Å². The Balaban J connectivity index is 2.16. The van der Waals surface area contributed by atoms with Crippen LogP contribution in [0.3, 0.4) is 0 Å². The van der Waals surface area contributed by atoms with Gasteiger partial charge in [0.15, 0.2) is 0 Å². The van der Waals surface area contributed by atoms with Crippen molar-refractivity contribution in [1.82, 2.24) is 9.97 Å². The second kappa shape index (κ2) is 5.19. The highest BCUT2D eigenvalue weighted by molar-refractivity contribution is 14.1. The Hall–Kier alpha value is -1.38. The van der Waals surface area contributed by atoms with Crippen LogP contribution in [0.5, 0.6) is 0 Å². The van der Waals surface area contributed by atoms with Crippen molar-refractivity contribution in [2.45, 2.75) is 32.1 Å². The summed E-state index contributed by atoms with van der Waals surface area (Å²) in [6, 6.07) is 0. The molecule has 0 bridgehead atoms. The van der Waals surface area contributed by atoms with Crippen LogP contribution in [-0.2, 0) is 6.42 Å². The summed E-state index contributed by atoms with van der Waals surface area (Å²) in [4.78, 5) is 39.6. The summed E-state index contributed by atoms with van der Waals surface area (Å²) in [7, 11) is 0. The van der Waals surface area contributed by atoms with E-state index in [1.54, 1.807) is 0 Å². The number of aromatic amines is 2. The first kappa shape index (κ1) is 13.6. The highest BCUT2D eigenvalue weighted by Crippen LogP contribution is 2.31. The third-order valence-electron chi connectivity index (χ3n) is 3.88. The van der Waals surface area contributed by atoms with Crippen LogP contribution in [0.2, 0.25) is 0 Å². The predicted octanol–water partition coefficient (Wildman–Crippen LogP) is 1.51. The lowest BCUT2D eigenvalue weighted by Crippen LogP contribution is -2.25. The fourth-order valence-corrected chi connectivity index (χ4v) is 3.20. The molecule has 0 amide bonds. The molecule has 0 spiro atoms. The van der Waals surface area contributed by atoms with E-state index in [9.17, 15) is 14.4 Å². The zero-order valence-electron chi connectivity index (χ0n) is 10.6. The number of halogens is 1. The summed E-state index contributed by atoms with van der Waals surface area (Å²) < 4.78 is 5.43. The van der Waals surface area contributed by atoms with Crippen LogP contribution in [0, 0.1) is 9.49 Å². The SMILES string of the molecule is O=c1[nH]c(=O)c2c(CCC3CCC3)c(I)c(=O)oc2[nH]1. The molecule has 1 fully saturated rings. The molecule has 1 aliphatic carbocycles. The van der Waals surface area contributed by atoms with E-state index in [0.717, 1.165) is 6.42 Å². The van der Waals surface area contributed by atoms with Crippen molar-refractivity contribution < 1.29 is 4.42 Å². The summed E-state index contributed by atoms with van der Waals surface area (Å²) in [6.07, 6.45) is 5.28. The van der Waals surface area contributed by atoms with E-state index >= 15 is 0 Å². The Morgan fingerprint density at radius 1 is 1.20 bits per heavy atom. The summed E-state index contributed by atoms with van der Waals surface area (Å²) in [5.41, 5.74) is -1.04. The lowest BCUT2D eigenvalue weighted by molar-refractivity contribution is 0.296. The van der Waals surface area contributed by atoms with Gasteiger partial charge in [-0.15, -0.1) is 0 Å². The molecule has 20 heavy (non-hydrogen) atoms. The van der Waals surface area contributed by atoms with Gasteiger partial charge in [-0.2, -0.15) is 0 Å². The maximum absolute atomic E-state index is 12.0. The van der Waals surface area contributed by atoms with E-state index in [0.29, 0.717) is 21.5 Å². The van der Waals surface area contributed by atoms with Crippen molar-refractivity contribution >= 4 is 33.7 Å². The van der Waals surface area contributed by atoms with Gasteiger partial charge in [-0.25, -0.2) is 9.59 Å². The topological polar surface area (TPSA) is 95.9 Å². The maximum Gasteiger partial charge on any atom is 0.351 e. The van der Waals surface area contributed by atoms with Crippen LogP contribution in [0.4, 0.5) is 0 Å². The molecular formula is C13H13IN2O4. The van der Waals surface area contributed by atoms with Crippen LogP contribution < -0.4 is 16.9 Å². The number of hydrogen-bond donors (Lipinski definition) is 2. The minimum Gasteiger partial charge on any atom is -0.405 e. The molecule has 6 nitrogen and oxygen atoms in total. The molecule has 2 N–H and O–H groups in total. The smallest absolute Gasteiger partial charge is 0.351 e. The Bertz CT molecular complexity index is 829. The van der Waals surface area contributed by atoms with Gasteiger partial charge in [0.1, 0.15) is 8.96 Å². The molecule has 0 aliphatic heterocycles. The fraction of sp³-hybridized carbons (Fsp3) is 0.462. The van der Waals surface area contributed by atoms with E-state index in [1.165, 1.54) is 19.3 Å². The average molecular weight is 388 g/mol. The average Bonchev–Trinajstić information content (AvgIpc) is 2.31. The molecule has 0 unspecified atom stereocenters. The van der Waals surface area contributed by atoms with E-state index in [2.05, 4.69) is 9.97 Å². The Morgan fingerprint density at radius 3 is 2.60 bits per heavy atom. The largest absolute Gasteiger partial charge is 0.405 e. The molecule has 0 atom stereocenters. The lowest BCUT2D eigenvalue weighted by atomic mass is 9.81. The number of rotatable bonds is 3.